The highest BCUT2D eigenvalue weighted by atomic mass is 35.5. The highest BCUT2D eigenvalue weighted by molar-refractivity contribution is 7.21. The molecular formula is C29H35ClN6O3S. The van der Waals surface area contributed by atoms with Crippen LogP contribution in [0.4, 0.5) is 11.8 Å². The lowest BCUT2D eigenvalue weighted by atomic mass is 10.0. The lowest BCUT2D eigenvalue weighted by Gasteiger charge is -2.25. The molecule has 4 aromatic rings. The van der Waals surface area contributed by atoms with E-state index in [0.717, 1.165) is 50.6 Å². The van der Waals surface area contributed by atoms with Gasteiger partial charge in [-0.2, -0.15) is 4.98 Å². The summed E-state index contributed by atoms with van der Waals surface area (Å²) < 4.78 is 1.06. The lowest BCUT2D eigenvalue weighted by Crippen LogP contribution is -2.38. The van der Waals surface area contributed by atoms with Crippen molar-refractivity contribution in [3.63, 3.8) is 0 Å². The van der Waals surface area contributed by atoms with E-state index in [0.29, 0.717) is 24.1 Å². The predicted molar refractivity (Wildman–Crippen MR) is 160 cm³/mol. The lowest BCUT2D eigenvalue weighted by molar-refractivity contribution is 0.0390. The first kappa shape index (κ1) is 28.6. The highest BCUT2D eigenvalue weighted by Crippen LogP contribution is 2.44. The molecule has 0 spiro atoms. The van der Waals surface area contributed by atoms with Crippen LogP contribution in [0.2, 0.25) is 0 Å². The number of aliphatic hydroxyl groups excluding tert-OH is 3. The molecule has 0 bridgehead atoms. The maximum Gasteiger partial charge on any atom is 0.225 e. The van der Waals surface area contributed by atoms with E-state index in [1.165, 1.54) is 5.56 Å². The number of hydrogen-bond donors (Lipinski definition) is 5. The minimum atomic E-state index is -1.03. The molecule has 6 rings (SSSR count). The minimum Gasteiger partial charge on any atom is -0.396 e. The van der Waals surface area contributed by atoms with Crippen molar-refractivity contribution >= 4 is 45.7 Å². The van der Waals surface area contributed by atoms with Gasteiger partial charge in [0.15, 0.2) is 0 Å². The first-order chi connectivity index (χ1) is 18.8. The van der Waals surface area contributed by atoms with Crippen molar-refractivity contribution < 1.29 is 15.3 Å². The van der Waals surface area contributed by atoms with E-state index in [-0.39, 0.29) is 31.0 Å². The van der Waals surface area contributed by atoms with Gasteiger partial charge in [-0.15, -0.1) is 23.7 Å². The number of aryl methyl sites for hydroxylation is 2. The number of aliphatic hydroxyl groups is 3. The third kappa shape index (κ3) is 5.51. The summed E-state index contributed by atoms with van der Waals surface area (Å²) in [4.78, 5) is 19.3. The van der Waals surface area contributed by atoms with Crippen LogP contribution in [0.3, 0.4) is 0 Å². The third-order valence-corrected chi connectivity index (χ3v) is 8.92. The number of fused-ring (bicyclic) bond motifs is 1. The molecule has 2 aliphatic carbocycles. The number of nitrogens with zero attached hydrogens (tertiary/aromatic N) is 4. The Labute approximate surface area is 243 Å². The summed E-state index contributed by atoms with van der Waals surface area (Å²) in [6.45, 7) is 5.89. The van der Waals surface area contributed by atoms with Crippen molar-refractivity contribution in [3.8, 4) is 10.6 Å². The van der Waals surface area contributed by atoms with Crippen LogP contribution in [0.1, 0.15) is 60.7 Å². The molecule has 0 unspecified atom stereocenters. The van der Waals surface area contributed by atoms with Crippen molar-refractivity contribution in [1.82, 2.24) is 19.9 Å². The van der Waals surface area contributed by atoms with Crippen LogP contribution in [0.15, 0.2) is 36.5 Å². The molecule has 2 saturated carbocycles. The second kappa shape index (κ2) is 11.5. The van der Waals surface area contributed by atoms with Crippen molar-refractivity contribution in [3.05, 3.63) is 59.0 Å². The van der Waals surface area contributed by atoms with Gasteiger partial charge in [0.05, 0.1) is 39.8 Å². The Balaban J connectivity index is 0.00000323. The predicted octanol–water partition coefficient (Wildman–Crippen LogP) is 4.75. The molecule has 9 nitrogen and oxygen atoms in total. The summed E-state index contributed by atoms with van der Waals surface area (Å²) in [6, 6.07) is 9.71. The smallest absolute Gasteiger partial charge is 0.225 e. The summed E-state index contributed by atoms with van der Waals surface area (Å²) in [5.74, 6) is 1.11. The molecule has 0 radical (unpaired) electrons. The minimum absolute atomic E-state index is 0. The second-order valence-electron chi connectivity index (χ2n) is 10.9. The highest BCUT2D eigenvalue weighted by Gasteiger charge is 2.42. The maximum atomic E-state index is 10.8. The van der Waals surface area contributed by atoms with Crippen LogP contribution in [-0.4, -0.2) is 60.1 Å². The monoisotopic (exact) mass is 582 g/mol. The fourth-order valence-electron chi connectivity index (χ4n) is 5.43. The average molecular weight is 583 g/mol. The zero-order valence-corrected chi connectivity index (χ0v) is 24.3. The Morgan fingerprint density at radius 3 is 2.50 bits per heavy atom. The number of rotatable bonds is 8. The van der Waals surface area contributed by atoms with Crippen LogP contribution in [0, 0.1) is 19.8 Å². The topological polar surface area (TPSA) is 136 Å². The van der Waals surface area contributed by atoms with E-state index in [1.807, 2.05) is 19.2 Å². The number of nitrogens with one attached hydrogen (secondary N) is 2. The number of pyridine rings is 1. The second-order valence-corrected chi connectivity index (χ2v) is 11.9. The zero-order chi connectivity index (χ0) is 27.3. The molecule has 11 heteroatoms. The standard InChI is InChI=1S/C29H34N6O3S.ClH/c1-14-4-6-17(7-5-14)15(2)31-29-32-16(3)22(27(35-29)33-24-19(13-36)12-20(37)26(24)38)28-34-25-21(39-28)10-11-30-23(25)18-8-9-18;/h4-7,10-11,15,18-20,24,26,36-38H,8-9,12-13H2,1-3H3,(H2,31,32,33,35);1H/t15-,19+,20-,24-,26-;/m1./s1. The Morgan fingerprint density at radius 2 is 1.80 bits per heavy atom. The van der Waals surface area contributed by atoms with Gasteiger partial charge < -0.3 is 26.0 Å². The number of hydrogen-bond acceptors (Lipinski definition) is 10. The average Bonchev–Trinajstić information content (AvgIpc) is 3.61. The molecule has 40 heavy (non-hydrogen) atoms. The Hall–Kier alpha value is -2.89. The van der Waals surface area contributed by atoms with Crippen molar-refractivity contribution in [1.29, 1.82) is 0 Å². The van der Waals surface area contributed by atoms with Crippen LogP contribution < -0.4 is 10.6 Å². The molecule has 3 heterocycles. The largest absolute Gasteiger partial charge is 0.396 e. The van der Waals surface area contributed by atoms with Crippen LogP contribution in [0.25, 0.3) is 20.8 Å². The van der Waals surface area contributed by atoms with Gasteiger partial charge in [-0.1, -0.05) is 29.8 Å². The molecule has 5 N–H and O–H groups in total. The SMILES string of the molecule is Cc1ccc([C@@H](C)Nc2nc(C)c(-c3nc4c(C5CC5)nccc4s3)c(N[C@@H]3[C@H](CO)C[C@@H](O)[C@H]3O)n2)cc1.Cl. The Bertz CT molecular complexity index is 1500. The van der Waals surface area contributed by atoms with Gasteiger partial charge in [0.1, 0.15) is 22.4 Å². The van der Waals surface area contributed by atoms with E-state index >= 15 is 0 Å². The maximum absolute atomic E-state index is 10.8. The summed E-state index contributed by atoms with van der Waals surface area (Å²) in [5.41, 5.74) is 5.76. The first-order valence-electron chi connectivity index (χ1n) is 13.5. The molecule has 0 aliphatic heterocycles. The van der Waals surface area contributed by atoms with Crippen molar-refractivity contribution in [2.45, 2.75) is 70.2 Å². The quantitative estimate of drug-likeness (QED) is 0.199. The summed E-state index contributed by atoms with van der Waals surface area (Å²) >= 11 is 1.57. The molecule has 2 fully saturated rings. The number of thiazole rings is 1. The van der Waals surface area contributed by atoms with E-state index in [2.05, 4.69) is 53.7 Å². The van der Waals surface area contributed by atoms with Crippen LogP contribution in [0.5, 0.6) is 0 Å². The van der Waals surface area contributed by atoms with Gasteiger partial charge in [0.2, 0.25) is 5.95 Å². The number of anilines is 2. The molecule has 0 amide bonds. The fraction of sp³-hybridized carbons (Fsp3) is 0.448. The summed E-state index contributed by atoms with van der Waals surface area (Å²) in [5, 5.41) is 38.6. The molecular weight excluding hydrogens is 548 g/mol. The van der Waals surface area contributed by atoms with E-state index in [1.54, 1.807) is 11.3 Å². The normalized spacial score (nSPS) is 23.1. The summed E-state index contributed by atoms with van der Waals surface area (Å²) in [6.07, 6.45) is 2.48. The van der Waals surface area contributed by atoms with Gasteiger partial charge in [0.25, 0.3) is 0 Å². The van der Waals surface area contributed by atoms with Gasteiger partial charge in [-0.25, -0.2) is 9.97 Å². The fourth-order valence-corrected chi connectivity index (χ4v) is 6.50. The van der Waals surface area contributed by atoms with E-state index in [9.17, 15) is 15.3 Å². The van der Waals surface area contributed by atoms with Crippen LogP contribution in [-0.2, 0) is 0 Å². The molecule has 0 saturated heterocycles. The number of halogens is 1. The van der Waals surface area contributed by atoms with Crippen LogP contribution >= 0.6 is 23.7 Å². The van der Waals surface area contributed by atoms with Gasteiger partial charge in [-0.05, 0) is 51.7 Å². The van der Waals surface area contributed by atoms with Gasteiger partial charge in [0, 0.05) is 24.6 Å². The van der Waals surface area contributed by atoms with E-state index in [4.69, 9.17) is 15.0 Å². The zero-order valence-electron chi connectivity index (χ0n) is 22.7. The third-order valence-electron chi connectivity index (χ3n) is 7.88. The molecule has 5 atom stereocenters. The Morgan fingerprint density at radius 1 is 1.05 bits per heavy atom. The van der Waals surface area contributed by atoms with Gasteiger partial charge >= 0.3 is 0 Å². The van der Waals surface area contributed by atoms with Crippen molar-refractivity contribution in [2.24, 2.45) is 5.92 Å². The molecule has 2 aliphatic rings. The van der Waals surface area contributed by atoms with E-state index < -0.39 is 18.2 Å². The molecule has 1 aromatic carbocycles. The Kier molecular flexibility index (Phi) is 8.26. The van der Waals surface area contributed by atoms with Gasteiger partial charge in [-0.3, -0.25) is 4.98 Å². The number of aromatic nitrogens is 4. The first-order valence-corrected chi connectivity index (χ1v) is 14.3. The molecule has 3 aromatic heterocycles. The summed E-state index contributed by atoms with van der Waals surface area (Å²) in [7, 11) is 0. The molecule has 212 valence electrons. The number of benzene rings is 1. The van der Waals surface area contributed by atoms with Crippen molar-refractivity contribution in [2.75, 3.05) is 17.2 Å².